The number of carbonyl (C=O) groups excluding carboxylic acids is 1. The Balaban J connectivity index is 2.42. The van der Waals surface area contributed by atoms with Gasteiger partial charge in [0.25, 0.3) is 5.91 Å². The van der Waals surface area contributed by atoms with Crippen molar-refractivity contribution in [2.75, 3.05) is 50.1 Å². The Kier molecular flexibility index (Phi) is 8.54. The molecule has 3 N–H and O–H groups in total. The van der Waals surface area contributed by atoms with E-state index in [9.17, 15) is 13.2 Å². The molecule has 0 aliphatic heterocycles. The molecule has 2 rings (SSSR count). The first kappa shape index (κ1) is 25.6. The molecule has 31 heavy (non-hydrogen) atoms. The maximum atomic E-state index is 12.9. The van der Waals surface area contributed by atoms with Crippen molar-refractivity contribution in [3.63, 3.8) is 0 Å². The number of anilines is 2. The van der Waals surface area contributed by atoms with Crippen molar-refractivity contribution in [3.8, 4) is 0 Å². The second kappa shape index (κ2) is 10.3. The second-order valence-corrected chi connectivity index (χ2v) is 11.4. The van der Waals surface area contributed by atoms with Gasteiger partial charge in [0.05, 0.1) is 22.4 Å². The fourth-order valence-electron chi connectivity index (χ4n) is 3.21. The van der Waals surface area contributed by atoms with Crippen LogP contribution >= 0.6 is 11.6 Å². The number of aromatic nitrogens is 1. The molecule has 0 radical (unpaired) electrons. The SMILES string of the molecule is COC[C@H](N)CNC(=O)c1cc(N(C)S(=O)(=O)C(C)C)nc(N(C)C[C@H]2C[C@@H]2C)c1Cl. The first-order chi connectivity index (χ1) is 14.4. The lowest BCUT2D eigenvalue weighted by Crippen LogP contribution is -2.40. The number of nitrogens with two attached hydrogens (primary N) is 1. The summed E-state index contributed by atoms with van der Waals surface area (Å²) in [6.07, 6.45) is 1.12. The molecule has 0 unspecified atom stereocenters. The van der Waals surface area contributed by atoms with E-state index < -0.39 is 21.2 Å². The van der Waals surface area contributed by atoms with Crippen LogP contribution in [0.25, 0.3) is 0 Å². The highest BCUT2D eigenvalue weighted by Gasteiger charge is 2.34. The van der Waals surface area contributed by atoms with E-state index >= 15 is 0 Å². The average Bonchev–Trinajstić information content (AvgIpc) is 3.39. The minimum absolute atomic E-state index is 0.134. The number of pyridine rings is 1. The minimum Gasteiger partial charge on any atom is -0.383 e. The van der Waals surface area contributed by atoms with Crippen molar-refractivity contribution in [3.05, 3.63) is 16.7 Å². The summed E-state index contributed by atoms with van der Waals surface area (Å²) in [6.45, 7) is 6.55. The molecule has 1 fully saturated rings. The lowest BCUT2D eigenvalue weighted by Gasteiger charge is -2.26. The van der Waals surface area contributed by atoms with Crippen LogP contribution in [0.5, 0.6) is 0 Å². The number of hydrogen-bond donors (Lipinski definition) is 2. The fourth-order valence-corrected chi connectivity index (χ4v) is 4.53. The summed E-state index contributed by atoms with van der Waals surface area (Å²) < 4.78 is 31.5. The van der Waals surface area contributed by atoms with Gasteiger partial charge in [-0.05, 0) is 38.2 Å². The van der Waals surface area contributed by atoms with E-state index in [2.05, 4.69) is 17.2 Å². The van der Waals surface area contributed by atoms with Gasteiger partial charge in [-0.1, -0.05) is 18.5 Å². The zero-order valence-electron chi connectivity index (χ0n) is 19.1. The minimum atomic E-state index is -3.64. The fraction of sp³-hybridized carbons (Fsp3) is 0.700. The molecule has 176 valence electrons. The lowest BCUT2D eigenvalue weighted by atomic mass is 10.2. The Bertz CT molecular complexity index is 896. The third kappa shape index (κ3) is 6.21. The number of amides is 1. The lowest BCUT2D eigenvalue weighted by molar-refractivity contribution is 0.0943. The molecule has 1 aromatic rings. The number of halogens is 1. The number of carbonyl (C=O) groups is 1. The van der Waals surface area contributed by atoms with Crippen molar-refractivity contribution >= 4 is 39.2 Å². The van der Waals surface area contributed by atoms with Crippen LogP contribution in [-0.2, 0) is 14.8 Å². The molecule has 1 aliphatic carbocycles. The molecule has 1 heterocycles. The predicted octanol–water partition coefficient (Wildman–Crippen LogP) is 1.71. The number of nitrogens with zero attached hydrogens (tertiary/aromatic N) is 3. The molecule has 1 aliphatic rings. The third-order valence-electron chi connectivity index (χ3n) is 5.52. The Morgan fingerprint density at radius 2 is 2.03 bits per heavy atom. The molecule has 0 saturated heterocycles. The summed E-state index contributed by atoms with van der Waals surface area (Å²) >= 11 is 6.58. The molecule has 1 amide bonds. The summed E-state index contributed by atoms with van der Waals surface area (Å²) in [5.41, 5.74) is 6.04. The van der Waals surface area contributed by atoms with Gasteiger partial charge in [-0.25, -0.2) is 13.4 Å². The molecule has 0 bridgehead atoms. The maximum Gasteiger partial charge on any atom is 0.253 e. The Hall–Kier alpha value is -1.62. The second-order valence-electron chi connectivity index (χ2n) is 8.51. The summed E-state index contributed by atoms with van der Waals surface area (Å²) in [6, 6.07) is 1.02. The average molecular weight is 476 g/mol. The highest BCUT2D eigenvalue weighted by Crippen LogP contribution is 2.40. The quantitative estimate of drug-likeness (QED) is 0.500. The monoisotopic (exact) mass is 475 g/mol. The van der Waals surface area contributed by atoms with Gasteiger partial charge in [-0.15, -0.1) is 0 Å². The smallest absolute Gasteiger partial charge is 0.253 e. The van der Waals surface area contributed by atoms with Crippen LogP contribution < -0.4 is 20.3 Å². The van der Waals surface area contributed by atoms with Crippen LogP contribution in [0.4, 0.5) is 11.6 Å². The topological polar surface area (TPSA) is 118 Å². The van der Waals surface area contributed by atoms with Crippen molar-refractivity contribution < 1.29 is 17.9 Å². The first-order valence-electron chi connectivity index (χ1n) is 10.3. The van der Waals surface area contributed by atoms with Gasteiger partial charge < -0.3 is 20.7 Å². The predicted molar refractivity (Wildman–Crippen MR) is 124 cm³/mol. The molecular formula is C20H34ClN5O4S. The number of nitrogens with one attached hydrogen (secondary N) is 1. The number of rotatable bonds is 11. The highest BCUT2D eigenvalue weighted by molar-refractivity contribution is 7.93. The number of methoxy groups -OCH3 is 1. The van der Waals surface area contributed by atoms with E-state index in [1.165, 1.54) is 20.2 Å². The van der Waals surface area contributed by atoms with Crippen LogP contribution in [-0.4, -0.2) is 71.5 Å². The Labute approximate surface area is 190 Å². The summed E-state index contributed by atoms with van der Waals surface area (Å²) in [7, 11) is 1.16. The molecule has 0 aromatic carbocycles. The van der Waals surface area contributed by atoms with E-state index in [-0.39, 0.29) is 29.0 Å². The Morgan fingerprint density at radius 3 is 2.55 bits per heavy atom. The van der Waals surface area contributed by atoms with Crippen LogP contribution in [0.3, 0.4) is 0 Å². The molecule has 3 atom stereocenters. The van der Waals surface area contributed by atoms with Gasteiger partial charge in [-0.3, -0.25) is 9.10 Å². The van der Waals surface area contributed by atoms with Crippen molar-refractivity contribution in [1.29, 1.82) is 0 Å². The normalized spacial score (nSPS) is 19.3. The van der Waals surface area contributed by atoms with E-state index in [1.54, 1.807) is 13.8 Å². The standard InChI is InChI=1S/C20H34ClN5O4S/c1-12(2)31(28,29)26(5)17-8-16(20(27)23-9-15(22)11-30-6)18(21)19(24-17)25(4)10-14-7-13(14)3/h8,12-15H,7,9-11,22H2,1-6H3,(H,23,27)/t13-,14+,15+/m0/s1. The number of hydrogen-bond acceptors (Lipinski definition) is 7. The van der Waals surface area contributed by atoms with E-state index in [0.717, 1.165) is 17.3 Å². The largest absolute Gasteiger partial charge is 0.383 e. The van der Waals surface area contributed by atoms with Crippen LogP contribution in [0, 0.1) is 11.8 Å². The molecule has 1 saturated carbocycles. The van der Waals surface area contributed by atoms with Crippen LogP contribution in [0.2, 0.25) is 5.02 Å². The van der Waals surface area contributed by atoms with Crippen LogP contribution in [0.1, 0.15) is 37.6 Å². The van der Waals surface area contributed by atoms with Gasteiger partial charge in [0.15, 0.2) is 0 Å². The van der Waals surface area contributed by atoms with Gasteiger partial charge >= 0.3 is 0 Å². The Morgan fingerprint density at radius 1 is 1.42 bits per heavy atom. The van der Waals surface area contributed by atoms with E-state index in [1.807, 2.05) is 11.9 Å². The molecule has 0 spiro atoms. The van der Waals surface area contributed by atoms with Gasteiger partial charge in [0.1, 0.15) is 11.6 Å². The molecule has 1 aromatic heterocycles. The van der Waals surface area contributed by atoms with Crippen LogP contribution in [0.15, 0.2) is 6.07 Å². The van der Waals surface area contributed by atoms with Gasteiger partial charge in [-0.2, -0.15) is 0 Å². The zero-order chi connectivity index (χ0) is 23.5. The molecule has 11 heteroatoms. The number of ether oxygens (including phenoxy) is 1. The summed E-state index contributed by atoms with van der Waals surface area (Å²) in [5, 5.41) is 2.26. The first-order valence-corrected chi connectivity index (χ1v) is 12.2. The maximum absolute atomic E-state index is 12.9. The molecule has 9 nitrogen and oxygen atoms in total. The van der Waals surface area contributed by atoms with Crippen molar-refractivity contribution in [1.82, 2.24) is 10.3 Å². The molecular weight excluding hydrogens is 442 g/mol. The van der Waals surface area contributed by atoms with Gasteiger partial charge in [0, 0.05) is 40.3 Å². The third-order valence-corrected chi connectivity index (χ3v) is 8.04. The highest BCUT2D eigenvalue weighted by atomic mass is 35.5. The van der Waals surface area contributed by atoms with Gasteiger partial charge in [0.2, 0.25) is 10.0 Å². The van der Waals surface area contributed by atoms with Crippen molar-refractivity contribution in [2.24, 2.45) is 17.6 Å². The zero-order valence-corrected chi connectivity index (χ0v) is 20.6. The van der Waals surface area contributed by atoms with E-state index in [4.69, 9.17) is 22.1 Å². The summed E-state index contributed by atoms with van der Waals surface area (Å²) in [4.78, 5) is 19.3. The number of sulfonamides is 1. The van der Waals surface area contributed by atoms with E-state index in [0.29, 0.717) is 24.3 Å². The summed E-state index contributed by atoms with van der Waals surface area (Å²) in [5.74, 6) is 1.20. The van der Waals surface area contributed by atoms with Crippen molar-refractivity contribution in [2.45, 2.75) is 38.5 Å².